The third kappa shape index (κ3) is 7.75. The van der Waals surface area contributed by atoms with Gasteiger partial charge in [-0.25, -0.2) is 9.97 Å². The third-order valence-electron chi connectivity index (χ3n) is 5.35. The predicted octanol–water partition coefficient (Wildman–Crippen LogP) is 4.51. The number of hydrogen-bond acceptors (Lipinski definition) is 4. The lowest BCUT2D eigenvalue weighted by Gasteiger charge is -2.45. The molecule has 0 saturated carbocycles. The van der Waals surface area contributed by atoms with E-state index >= 15 is 0 Å². The normalized spacial score (nSPS) is 14.1. The summed E-state index contributed by atoms with van der Waals surface area (Å²) in [5, 5.41) is 21.0. The first-order valence-corrected chi connectivity index (χ1v) is 10.3. The van der Waals surface area contributed by atoms with Gasteiger partial charge in [0.25, 0.3) is 0 Å². The maximum Gasteiger partial charge on any atom is 0.673 e. The van der Waals surface area contributed by atoms with Crippen molar-refractivity contribution in [2.45, 2.75) is 64.5 Å². The lowest BCUT2D eigenvalue weighted by molar-refractivity contribution is -0.0408. The van der Waals surface area contributed by atoms with Crippen molar-refractivity contribution >= 4 is 7.25 Å². The average Bonchev–Trinajstić information content (AvgIpc) is 3.39. The number of unbranched alkanes of at least 4 members (excludes halogenated alkanes) is 2. The van der Waals surface area contributed by atoms with Crippen LogP contribution in [-0.2, 0) is 0 Å². The fourth-order valence-corrected chi connectivity index (χ4v) is 3.86. The first-order valence-electron chi connectivity index (χ1n) is 10.3. The monoisotopic (exact) mass is 435 g/mol. The van der Waals surface area contributed by atoms with Crippen LogP contribution in [0, 0.1) is 5.41 Å². The van der Waals surface area contributed by atoms with E-state index in [9.17, 15) is 27.5 Å². The number of aliphatic hydroxyl groups is 2. The summed E-state index contributed by atoms with van der Waals surface area (Å²) in [4.78, 5) is 8.40. The van der Waals surface area contributed by atoms with Gasteiger partial charge in [-0.1, -0.05) is 39.5 Å². The van der Waals surface area contributed by atoms with Crippen molar-refractivity contribution in [2.24, 2.45) is 5.41 Å². The highest BCUT2D eigenvalue weighted by Crippen LogP contribution is 2.46. The number of hydrogen-bond donors (Lipinski definition) is 2. The Hall–Kier alpha value is -1.88. The molecule has 0 spiro atoms. The molecule has 2 N–H and O–H groups in total. The molecule has 2 aromatic heterocycles. The highest BCUT2D eigenvalue weighted by Gasteiger charge is 2.46. The van der Waals surface area contributed by atoms with E-state index in [-0.39, 0.29) is 25.3 Å². The van der Waals surface area contributed by atoms with Crippen molar-refractivity contribution < 1.29 is 27.5 Å². The molecule has 0 aliphatic heterocycles. The van der Waals surface area contributed by atoms with E-state index in [0.717, 1.165) is 38.5 Å². The Labute approximate surface area is 175 Å². The molecule has 0 saturated heterocycles. The van der Waals surface area contributed by atoms with Crippen molar-refractivity contribution in [2.75, 3.05) is 13.2 Å². The minimum absolute atomic E-state index is 0.0193. The van der Waals surface area contributed by atoms with E-state index in [0.29, 0.717) is 0 Å². The molecule has 6 nitrogen and oxygen atoms in total. The molecule has 0 fully saturated rings. The van der Waals surface area contributed by atoms with Crippen molar-refractivity contribution in [3.8, 4) is 0 Å². The lowest BCUT2D eigenvalue weighted by atomic mass is 9.71. The smallest absolute Gasteiger partial charge is 0.418 e. The van der Waals surface area contributed by atoms with Crippen LogP contribution in [0.1, 0.15) is 64.5 Å². The molecule has 0 aliphatic carbocycles. The van der Waals surface area contributed by atoms with Crippen LogP contribution in [0.4, 0.5) is 17.3 Å². The summed E-state index contributed by atoms with van der Waals surface area (Å²) in [5.74, 6) is 0. The summed E-state index contributed by atoms with van der Waals surface area (Å²) >= 11 is 0. The molecular weight excluding hydrogens is 403 g/mol. The van der Waals surface area contributed by atoms with Gasteiger partial charge >= 0.3 is 7.25 Å². The summed E-state index contributed by atoms with van der Waals surface area (Å²) in [5.41, 5.74) is -0.675. The number of rotatable bonds is 12. The van der Waals surface area contributed by atoms with Gasteiger partial charge in [-0.2, -0.15) is 0 Å². The molecule has 2 atom stereocenters. The van der Waals surface area contributed by atoms with Gasteiger partial charge in [-0.3, -0.25) is 0 Å². The van der Waals surface area contributed by atoms with Crippen LogP contribution in [0.25, 0.3) is 0 Å². The first kappa shape index (κ1) is 26.2. The summed E-state index contributed by atoms with van der Waals surface area (Å²) in [6.07, 6.45) is 17.0. The third-order valence-corrected chi connectivity index (χ3v) is 5.35. The fourth-order valence-electron chi connectivity index (χ4n) is 3.86. The van der Waals surface area contributed by atoms with Crippen LogP contribution in [0.5, 0.6) is 0 Å². The molecular formula is C19H32BF4N4O2-. The van der Waals surface area contributed by atoms with Gasteiger partial charge in [0.15, 0.2) is 0 Å². The van der Waals surface area contributed by atoms with E-state index in [1.165, 1.54) is 0 Å². The Morgan fingerprint density at radius 1 is 0.833 bits per heavy atom. The van der Waals surface area contributed by atoms with E-state index in [1.54, 1.807) is 25.0 Å². The van der Waals surface area contributed by atoms with Crippen LogP contribution < -0.4 is 0 Å². The van der Waals surface area contributed by atoms with Crippen molar-refractivity contribution in [1.82, 2.24) is 19.1 Å². The second-order valence-corrected chi connectivity index (χ2v) is 7.38. The molecule has 30 heavy (non-hydrogen) atoms. The molecule has 172 valence electrons. The topological polar surface area (TPSA) is 76.1 Å². The summed E-state index contributed by atoms with van der Waals surface area (Å²) in [7, 11) is -6.00. The van der Waals surface area contributed by atoms with E-state index in [4.69, 9.17) is 0 Å². The van der Waals surface area contributed by atoms with Crippen LogP contribution >= 0.6 is 0 Å². The SMILES string of the molecule is CCCCC(n1ccnc1)C(CO)(CO)C(CCCC)n1ccnc1.F[B-](F)(F)F. The standard InChI is InChI=1S/C19H32N4O2.BF4/c1-3-5-7-17(22-11-9-20-15-22)19(13-24,14-25)18(8-6-4-2)23-12-10-21-16-23;2-1(3,4)5/h9-12,15-18,24-25H,3-8,13-14H2,1-2H3;/q;-1. The number of imidazole rings is 2. The van der Waals surface area contributed by atoms with Gasteiger partial charge in [-0.15, -0.1) is 0 Å². The molecule has 2 rings (SSSR count). The van der Waals surface area contributed by atoms with Crippen molar-refractivity contribution in [3.63, 3.8) is 0 Å². The van der Waals surface area contributed by atoms with Gasteiger partial charge in [-0.05, 0) is 12.8 Å². The molecule has 0 amide bonds. The van der Waals surface area contributed by atoms with Crippen LogP contribution in [0.2, 0.25) is 0 Å². The highest BCUT2D eigenvalue weighted by atomic mass is 19.5. The number of aliphatic hydroxyl groups excluding tert-OH is 2. The van der Waals surface area contributed by atoms with Crippen molar-refractivity contribution in [1.29, 1.82) is 0 Å². The Balaban J connectivity index is 0.000000804. The van der Waals surface area contributed by atoms with Gasteiger partial charge in [0.05, 0.1) is 31.3 Å². The zero-order valence-corrected chi connectivity index (χ0v) is 17.5. The van der Waals surface area contributed by atoms with E-state index in [2.05, 4.69) is 32.9 Å². The zero-order valence-electron chi connectivity index (χ0n) is 17.5. The number of halogens is 4. The molecule has 0 bridgehead atoms. The second-order valence-electron chi connectivity index (χ2n) is 7.38. The van der Waals surface area contributed by atoms with Gasteiger partial charge in [0, 0.05) is 36.9 Å². The van der Waals surface area contributed by atoms with Gasteiger partial charge in [0.1, 0.15) is 0 Å². The fraction of sp³-hybridized carbons (Fsp3) is 0.684. The Morgan fingerprint density at radius 2 is 1.20 bits per heavy atom. The molecule has 0 aromatic carbocycles. The maximum atomic E-state index is 10.5. The molecule has 0 radical (unpaired) electrons. The maximum absolute atomic E-state index is 10.5. The summed E-state index contributed by atoms with van der Waals surface area (Å²) in [6, 6.07) is -0.0385. The Kier molecular flexibility index (Phi) is 11.1. The molecule has 11 heteroatoms. The van der Waals surface area contributed by atoms with Gasteiger partial charge in [0.2, 0.25) is 0 Å². The number of aromatic nitrogens is 4. The molecule has 2 heterocycles. The lowest BCUT2D eigenvalue weighted by Crippen LogP contribution is -2.46. The van der Waals surface area contributed by atoms with E-state index in [1.807, 2.05) is 12.4 Å². The Bertz CT molecular complexity index is 610. The van der Waals surface area contributed by atoms with Crippen LogP contribution in [-0.4, -0.2) is 49.8 Å². The number of nitrogens with zero attached hydrogens (tertiary/aromatic N) is 4. The van der Waals surface area contributed by atoms with Crippen molar-refractivity contribution in [3.05, 3.63) is 37.4 Å². The largest absolute Gasteiger partial charge is 0.673 e. The first-order chi connectivity index (χ1) is 14.2. The van der Waals surface area contributed by atoms with E-state index < -0.39 is 12.7 Å². The molecule has 2 aromatic rings. The molecule has 2 unspecified atom stereocenters. The second kappa shape index (κ2) is 12.7. The minimum Gasteiger partial charge on any atom is -0.418 e. The average molecular weight is 435 g/mol. The minimum atomic E-state index is -6.00. The van der Waals surface area contributed by atoms with Crippen LogP contribution in [0.15, 0.2) is 37.4 Å². The predicted molar refractivity (Wildman–Crippen MR) is 108 cm³/mol. The Morgan fingerprint density at radius 3 is 1.43 bits per heavy atom. The quantitative estimate of drug-likeness (QED) is 0.380. The van der Waals surface area contributed by atoms with Crippen LogP contribution in [0.3, 0.4) is 0 Å². The highest BCUT2D eigenvalue weighted by molar-refractivity contribution is 6.50. The summed E-state index contributed by atoms with van der Waals surface area (Å²) in [6.45, 7) is 4.16. The van der Waals surface area contributed by atoms with Gasteiger partial charge < -0.3 is 36.6 Å². The summed E-state index contributed by atoms with van der Waals surface area (Å²) < 4.78 is 43.1. The molecule has 0 aliphatic rings. The zero-order chi connectivity index (χ0) is 22.6.